The normalized spacial score (nSPS) is 19.4. The number of benzene rings is 3. The average molecular weight is 387 g/mol. The molecule has 3 aromatic carbocycles. The van der Waals surface area contributed by atoms with Gasteiger partial charge >= 0.3 is 0 Å². The molecule has 0 bridgehead atoms. The number of hydrogen-bond acceptors (Lipinski definition) is 2. The van der Waals surface area contributed by atoms with Crippen LogP contribution in [0.5, 0.6) is 0 Å². The molecule has 0 radical (unpaired) electrons. The van der Waals surface area contributed by atoms with Crippen LogP contribution in [0.2, 0.25) is 0 Å². The van der Waals surface area contributed by atoms with E-state index in [9.17, 15) is 0 Å². The highest BCUT2D eigenvalue weighted by molar-refractivity contribution is 5.17. The lowest BCUT2D eigenvalue weighted by atomic mass is 9.99. The Hall–Kier alpha value is -2.42. The molecule has 2 atom stereocenters. The van der Waals surface area contributed by atoms with Crippen LogP contribution in [0.15, 0.2) is 91.0 Å². The molecule has 0 spiro atoms. The first-order chi connectivity index (χ1) is 14.4. The van der Waals surface area contributed by atoms with Crippen molar-refractivity contribution in [2.45, 2.75) is 57.0 Å². The minimum atomic E-state index is -0.100. The van der Waals surface area contributed by atoms with Crippen LogP contribution in [0.1, 0.15) is 36.0 Å². The average Bonchev–Trinajstić information content (AvgIpc) is 3.19. The molecular formula is C27H30O2. The highest BCUT2D eigenvalue weighted by atomic mass is 16.7. The number of hydrogen-bond donors (Lipinski definition) is 0. The van der Waals surface area contributed by atoms with Gasteiger partial charge in [-0.2, -0.15) is 0 Å². The predicted octanol–water partition coefficient (Wildman–Crippen LogP) is 5.99. The molecule has 29 heavy (non-hydrogen) atoms. The summed E-state index contributed by atoms with van der Waals surface area (Å²) in [5.41, 5.74) is 4.07. The van der Waals surface area contributed by atoms with E-state index in [-0.39, 0.29) is 18.5 Å². The fraction of sp³-hybridized carbons (Fsp3) is 0.333. The van der Waals surface area contributed by atoms with E-state index >= 15 is 0 Å². The second-order valence-corrected chi connectivity index (χ2v) is 7.85. The summed E-state index contributed by atoms with van der Waals surface area (Å²) in [6.45, 7) is 0. The molecule has 0 unspecified atom stereocenters. The van der Waals surface area contributed by atoms with Gasteiger partial charge < -0.3 is 9.47 Å². The maximum atomic E-state index is 6.38. The van der Waals surface area contributed by atoms with Gasteiger partial charge in [-0.3, -0.25) is 0 Å². The number of aryl methyl sites for hydroxylation is 3. The third kappa shape index (κ3) is 6.03. The van der Waals surface area contributed by atoms with E-state index in [0.717, 1.165) is 38.5 Å². The van der Waals surface area contributed by atoms with Crippen LogP contribution in [0, 0.1) is 0 Å². The summed E-state index contributed by atoms with van der Waals surface area (Å²) in [6.07, 6.45) is 6.20. The minimum absolute atomic E-state index is 0.100. The largest absolute Gasteiger partial charge is 0.347 e. The van der Waals surface area contributed by atoms with E-state index in [1.54, 1.807) is 0 Å². The van der Waals surface area contributed by atoms with Gasteiger partial charge in [-0.1, -0.05) is 91.0 Å². The molecule has 1 fully saturated rings. The van der Waals surface area contributed by atoms with Crippen LogP contribution in [0.3, 0.4) is 0 Å². The zero-order valence-corrected chi connectivity index (χ0v) is 17.0. The topological polar surface area (TPSA) is 18.5 Å². The van der Waals surface area contributed by atoms with E-state index < -0.39 is 0 Å². The standard InChI is InChI=1S/C27H30O2/c1-4-10-22(11-5-1)16-19-25-26(20-17-23-12-6-2-7-13-23)29-27(28-25)21-18-24-14-8-3-9-15-24/h1-15,25-27H,16-21H2/t25-,26-/m0/s1. The summed E-state index contributed by atoms with van der Waals surface area (Å²) in [7, 11) is 0. The first kappa shape index (κ1) is 19.9. The summed E-state index contributed by atoms with van der Waals surface area (Å²) >= 11 is 0. The molecular weight excluding hydrogens is 356 g/mol. The zero-order valence-electron chi connectivity index (χ0n) is 17.0. The van der Waals surface area contributed by atoms with Gasteiger partial charge in [-0.05, 0) is 48.8 Å². The second kappa shape index (κ2) is 10.4. The first-order valence-corrected chi connectivity index (χ1v) is 10.8. The molecule has 1 aliphatic rings. The van der Waals surface area contributed by atoms with Crippen molar-refractivity contribution in [1.29, 1.82) is 0 Å². The zero-order chi connectivity index (χ0) is 19.7. The Morgan fingerprint density at radius 2 is 0.793 bits per heavy atom. The summed E-state index contributed by atoms with van der Waals surface area (Å²) in [5.74, 6) is 0. The highest BCUT2D eigenvalue weighted by Gasteiger charge is 2.35. The molecule has 2 nitrogen and oxygen atoms in total. The Balaban J connectivity index is 1.35. The van der Waals surface area contributed by atoms with Crippen LogP contribution in [-0.2, 0) is 28.7 Å². The molecule has 2 heteroatoms. The van der Waals surface area contributed by atoms with E-state index in [2.05, 4.69) is 91.0 Å². The molecule has 150 valence electrons. The Morgan fingerprint density at radius 3 is 1.17 bits per heavy atom. The molecule has 1 aliphatic heterocycles. The minimum Gasteiger partial charge on any atom is -0.347 e. The summed E-state index contributed by atoms with van der Waals surface area (Å²) in [4.78, 5) is 0. The molecule has 0 aromatic heterocycles. The van der Waals surface area contributed by atoms with Crippen LogP contribution >= 0.6 is 0 Å². The van der Waals surface area contributed by atoms with Crippen molar-refractivity contribution < 1.29 is 9.47 Å². The van der Waals surface area contributed by atoms with Crippen molar-refractivity contribution in [3.63, 3.8) is 0 Å². The van der Waals surface area contributed by atoms with Gasteiger partial charge in [-0.25, -0.2) is 0 Å². The molecule has 1 heterocycles. The van der Waals surface area contributed by atoms with Gasteiger partial charge in [0.25, 0.3) is 0 Å². The third-order valence-corrected chi connectivity index (χ3v) is 5.70. The summed E-state index contributed by atoms with van der Waals surface area (Å²) in [5, 5.41) is 0. The van der Waals surface area contributed by atoms with E-state index in [1.807, 2.05) is 0 Å². The van der Waals surface area contributed by atoms with Crippen molar-refractivity contribution >= 4 is 0 Å². The van der Waals surface area contributed by atoms with Crippen molar-refractivity contribution in [2.24, 2.45) is 0 Å². The number of rotatable bonds is 9. The maximum absolute atomic E-state index is 6.38. The first-order valence-electron chi connectivity index (χ1n) is 10.8. The lowest BCUT2D eigenvalue weighted by Crippen LogP contribution is -2.23. The van der Waals surface area contributed by atoms with Crippen molar-refractivity contribution in [3.05, 3.63) is 108 Å². The van der Waals surface area contributed by atoms with Gasteiger partial charge in [0, 0.05) is 6.42 Å². The van der Waals surface area contributed by atoms with Gasteiger partial charge in [0.05, 0.1) is 12.2 Å². The number of ether oxygens (including phenoxy) is 2. The third-order valence-electron chi connectivity index (χ3n) is 5.70. The quantitative estimate of drug-likeness (QED) is 0.449. The fourth-order valence-electron chi connectivity index (χ4n) is 4.08. The van der Waals surface area contributed by atoms with Crippen LogP contribution < -0.4 is 0 Å². The van der Waals surface area contributed by atoms with E-state index in [0.29, 0.717) is 0 Å². The van der Waals surface area contributed by atoms with E-state index in [1.165, 1.54) is 16.7 Å². The molecule has 4 rings (SSSR count). The SMILES string of the molecule is c1ccc(CCC2O[C@@H](CCc3ccccc3)[C@H](CCc3ccccc3)O2)cc1. The van der Waals surface area contributed by atoms with Gasteiger partial charge in [-0.15, -0.1) is 0 Å². The smallest absolute Gasteiger partial charge is 0.158 e. The lowest BCUT2D eigenvalue weighted by molar-refractivity contribution is -0.0710. The van der Waals surface area contributed by atoms with Gasteiger partial charge in [0.2, 0.25) is 0 Å². The Kier molecular flexibility index (Phi) is 7.12. The van der Waals surface area contributed by atoms with Gasteiger partial charge in [0.15, 0.2) is 6.29 Å². The summed E-state index contributed by atoms with van der Waals surface area (Å²) in [6, 6.07) is 32.0. The molecule has 3 aromatic rings. The Bertz CT molecular complexity index is 781. The summed E-state index contributed by atoms with van der Waals surface area (Å²) < 4.78 is 12.8. The Morgan fingerprint density at radius 1 is 0.448 bits per heavy atom. The van der Waals surface area contributed by atoms with Crippen molar-refractivity contribution in [2.75, 3.05) is 0 Å². The van der Waals surface area contributed by atoms with Gasteiger partial charge in [0.1, 0.15) is 0 Å². The molecule has 0 N–H and O–H groups in total. The van der Waals surface area contributed by atoms with Crippen LogP contribution in [-0.4, -0.2) is 18.5 Å². The monoisotopic (exact) mass is 386 g/mol. The predicted molar refractivity (Wildman–Crippen MR) is 118 cm³/mol. The Labute approximate surface area is 174 Å². The molecule has 1 saturated heterocycles. The molecule has 0 saturated carbocycles. The lowest BCUT2D eigenvalue weighted by Gasteiger charge is -2.16. The van der Waals surface area contributed by atoms with E-state index in [4.69, 9.17) is 9.47 Å². The molecule has 0 amide bonds. The highest BCUT2D eigenvalue weighted by Crippen LogP contribution is 2.29. The fourth-order valence-corrected chi connectivity index (χ4v) is 4.08. The van der Waals surface area contributed by atoms with Crippen LogP contribution in [0.4, 0.5) is 0 Å². The maximum Gasteiger partial charge on any atom is 0.158 e. The van der Waals surface area contributed by atoms with Crippen molar-refractivity contribution in [1.82, 2.24) is 0 Å². The second-order valence-electron chi connectivity index (χ2n) is 7.85. The van der Waals surface area contributed by atoms with Crippen molar-refractivity contribution in [3.8, 4) is 0 Å². The van der Waals surface area contributed by atoms with Crippen LogP contribution in [0.25, 0.3) is 0 Å². The molecule has 0 aliphatic carbocycles.